The first-order valence-corrected chi connectivity index (χ1v) is 4.16. The van der Waals surface area contributed by atoms with E-state index in [1.54, 1.807) is 0 Å². The number of nitrogens with one attached hydrogen (secondary N) is 1. The molecule has 0 bridgehead atoms. The normalized spacial score (nSPS) is 13.8. The van der Waals surface area contributed by atoms with Crippen molar-refractivity contribution >= 4 is 5.82 Å². The minimum absolute atomic E-state index is 0.996. The van der Waals surface area contributed by atoms with Gasteiger partial charge in [0, 0.05) is 5.69 Å². The molecule has 0 radical (unpaired) electrons. The van der Waals surface area contributed by atoms with E-state index in [2.05, 4.69) is 29.4 Å². The molecule has 0 amide bonds. The van der Waals surface area contributed by atoms with Crippen LogP contribution in [0.2, 0.25) is 0 Å². The number of rotatable bonds is 0. The Morgan fingerprint density at radius 1 is 1.42 bits per heavy atom. The summed E-state index contributed by atoms with van der Waals surface area (Å²) in [4.78, 5) is 4.45. The fourth-order valence-corrected chi connectivity index (χ4v) is 1.37. The van der Waals surface area contributed by atoms with Gasteiger partial charge in [0.25, 0.3) is 0 Å². The Morgan fingerprint density at radius 2 is 2.25 bits per heavy atom. The maximum absolute atomic E-state index is 4.45. The molecule has 2 heteroatoms. The monoisotopic (exact) mass is 160 g/mol. The molecule has 1 aromatic rings. The lowest BCUT2D eigenvalue weighted by Gasteiger charge is -2.13. The van der Waals surface area contributed by atoms with Gasteiger partial charge in [0.2, 0.25) is 0 Å². The predicted octanol–water partition coefficient (Wildman–Crippen LogP) is 2.18. The quantitative estimate of drug-likeness (QED) is 0.629. The Balaban J connectivity index is 2.53. The average molecular weight is 160 g/mol. The topological polar surface area (TPSA) is 24.9 Å². The first-order valence-electron chi connectivity index (χ1n) is 4.16. The van der Waals surface area contributed by atoms with E-state index in [-0.39, 0.29) is 0 Å². The van der Waals surface area contributed by atoms with E-state index in [0.29, 0.717) is 0 Å². The molecule has 1 aliphatic rings. The van der Waals surface area contributed by atoms with Gasteiger partial charge in [0.1, 0.15) is 5.82 Å². The molecule has 2 rings (SSSR count). The number of aromatic nitrogens is 1. The number of hydrogen-bond acceptors (Lipinski definition) is 2. The second kappa shape index (κ2) is 2.63. The van der Waals surface area contributed by atoms with Crippen molar-refractivity contribution in [2.75, 3.05) is 5.32 Å². The largest absolute Gasteiger partial charge is 0.347 e. The van der Waals surface area contributed by atoms with Crippen LogP contribution in [0.15, 0.2) is 18.3 Å². The first kappa shape index (κ1) is 7.35. The van der Waals surface area contributed by atoms with Crippen LogP contribution in [0, 0.1) is 13.8 Å². The molecule has 2 nitrogen and oxygen atoms in total. The van der Waals surface area contributed by atoms with Crippen LogP contribution in [-0.2, 0) is 6.42 Å². The summed E-state index contributed by atoms with van der Waals surface area (Å²) in [5, 5.41) is 3.14. The summed E-state index contributed by atoms with van der Waals surface area (Å²) in [6.45, 7) is 4.14. The van der Waals surface area contributed by atoms with Crippen molar-refractivity contribution in [3.63, 3.8) is 0 Å². The fraction of sp³-hybridized carbons (Fsp3) is 0.300. The summed E-state index contributed by atoms with van der Waals surface area (Å²) >= 11 is 0. The maximum Gasteiger partial charge on any atom is 0.133 e. The third-order valence-corrected chi connectivity index (χ3v) is 2.22. The molecule has 0 saturated heterocycles. The highest BCUT2D eigenvalue weighted by molar-refractivity contribution is 5.52. The number of anilines is 1. The number of fused-ring (bicyclic) bond motifs is 1. The van der Waals surface area contributed by atoms with Gasteiger partial charge in [-0.05, 0) is 37.6 Å². The van der Waals surface area contributed by atoms with Crippen molar-refractivity contribution in [1.29, 1.82) is 0 Å². The highest BCUT2D eigenvalue weighted by atomic mass is 15.0. The van der Waals surface area contributed by atoms with Crippen molar-refractivity contribution in [2.24, 2.45) is 0 Å². The van der Waals surface area contributed by atoms with Crippen LogP contribution in [-0.4, -0.2) is 4.98 Å². The van der Waals surface area contributed by atoms with E-state index in [0.717, 1.165) is 17.9 Å². The molecule has 1 aromatic heterocycles. The molecular formula is C10H12N2. The van der Waals surface area contributed by atoms with Gasteiger partial charge in [-0.15, -0.1) is 0 Å². The molecular weight excluding hydrogens is 148 g/mol. The second-order valence-electron chi connectivity index (χ2n) is 3.15. The van der Waals surface area contributed by atoms with Gasteiger partial charge in [-0.2, -0.15) is 0 Å². The first-order chi connectivity index (χ1) is 5.77. The molecule has 0 saturated carbocycles. The van der Waals surface area contributed by atoms with Gasteiger partial charge in [-0.1, -0.05) is 12.1 Å². The smallest absolute Gasteiger partial charge is 0.133 e. The summed E-state index contributed by atoms with van der Waals surface area (Å²) in [5.41, 5.74) is 3.67. The molecule has 12 heavy (non-hydrogen) atoms. The van der Waals surface area contributed by atoms with Crippen LogP contribution >= 0.6 is 0 Å². The number of nitrogens with zero attached hydrogens (tertiary/aromatic N) is 1. The molecule has 62 valence electrons. The molecule has 0 unspecified atom stereocenters. The van der Waals surface area contributed by atoms with Crippen molar-refractivity contribution in [2.45, 2.75) is 20.3 Å². The Labute approximate surface area is 72.3 Å². The van der Waals surface area contributed by atoms with Crippen molar-refractivity contribution in [3.8, 4) is 0 Å². The Kier molecular flexibility index (Phi) is 1.61. The third-order valence-electron chi connectivity index (χ3n) is 2.22. The number of aryl methyl sites for hydroxylation is 2. The highest BCUT2D eigenvalue weighted by Gasteiger charge is 2.07. The lowest BCUT2D eigenvalue weighted by molar-refractivity contribution is 1.08. The fourth-order valence-electron chi connectivity index (χ4n) is 1.37. The van der Waals surface area contributed by atoms with E-state index >= 15 is 0 Å². The van der Waals surface area contributed by atoms with Crippen LogP contribution in [0.4, 0.5) is 5.82 Å². The zero-order valence-corrected chi connectivity index (χ0v) is 7.39. The van der Waals surface area contributed by atoms with E-state index in [4.69, 9.17) is 0 Å². The number of hydrogen-bond donors (Lipinski definition) is 1. The molecule has 0 aromatic carbocycles. The Hall–Kier alpha value is -1.31. The van der Waals surface area contributed by atoms with Crippen molar-refractivity contribution in [3.05, 3.63) is 35.2 Å². The Bertz CT molecular complexity index is 307. The zero-order valence-electron chi connectivity index (χ0n) is 7.39. The van der Waals surface area contributed by atoms with Crippen LogP contribution in [0.3, 0.4) is 0 Å². The molecule has 1 N–H and O–H groups in total. The SMILES string of the molecule is Cc1cc2c(nc1C)NC=CC2. The standard InChI is InChI=1S/C10H12N2/c1-7-6-9-4-3-5-11-10(9)12-8(7)2/h3,5-6H,4H2,1-2H3,(H,11,12). The average Bonchev–Trinajstić information content (AvgIpc) is 2.07. The molecule has 0 aliphatic carbocycles. The summed E-state index contributed by atoms with van der Waals surface area (Å²) in [7, 11) is 0. The molecule has 0 fully saturated rings. The number of allylic oxidation sites excluding steroid dienone is 1. The van der Waals surface area contributed by atoms with E-state index in [9.17, 15) is 0 Å². The van der Waals surface area contributed by atoms with E-state index in [1.165, 1.54) is 11.1 Å². The van der Waals surface area contributed by atoms with Crippen LogP contribution in [0.25, 0.3) is 0 Å². The second-order valence-corrected chi connectivity index (χ2v) is 3.15. The van der Waals surface area contributed by atoms with Gasteiger partial charge in [0.05, 0.1) is 0 Å². The van der Waals surface area contributed by atoms with Crippen molar-refractivity contribution < 1.29 is 0 Å². The molecule has 2 heterocycles. The van der Waals surface area contributed by atoms with Gasteiger partial charge < -0.3 is 5.32 Å². The lowest BCUT2D eigenvalue weighted by Crippen LogP contribution is -2.04. The molecule has 1 aliphatic heterocycles. The minimum Gasteiger partial charge on any atom is -0.347 e. The van der Waals surface area contributed by atoms with Crippen LogP contribution in [0.1, 0.15) is 16.8 Å². The predicted molar refractivity (Wildman–Crippen MR) is 50.2 cm³/mol. The molecule has 0 atom stereocenters. The highest BCUT2D eigenvalue weighted by Crippen LogP contribution is 2.20. The summed E-state index contributed by atoms with van der Waals surface area (Å²) in [6.07, 6.45) is 5.05. The zero-order chi connectivity index (χ0) is 8.55. The van der Waals surface area contributed by atoms with Gasteiger partial charge in [0.15, 0.2) is 0 Å². The van der Waals surface area contributed by atoms with Gasteiger partial charge in [-0.25, -0.2) is 4.98 Å². The summed E-state index contributed by atoms with van der Waals surface area (Å²) < 4.78 is 0. The van der Waals surface area contributed by atoms with E-state index in [1.807, 2.05) is 13.1 Å². The summed E-state index contributed by atoms with van der Waals surface area (Å²) in [6, 6.07) is 2.20. The third kappa shape index (κ3) is 1.09. The Morgan fingerprint density at radius 3 is 3.08 bits per heavy atom. The lowest BCUT2D eigenvalue weighted by atomic mass is 10.1. The van der Waals surface area contributed by atoms with Crippen LogP contribution < -0.4 is 5.32 Å². The summed E-state index contributed by atoms with van der Waals surface area (Å²) in [5.74, 6) is 1.01. The number of pyridine rings is 1. The van der Waals surface area contributed by atoms with Gasteiger partial charge >= 0.3 is 0 Å². The van der Waals surface area contributed by atoms with E-state index < -0.39 is 0 Å². The van der Waals surface area contributed by atoms with Gasteiger partial charge in [-0.3, -0.25) is 0 Å². The van der Waals surface area contributed by atoms with Crippen molar-refractivity contribution in [1.82, 2.24) is 4.98 Å². The molecule has 0 spiro atoms. The minimum atomic E-state index is 0.996. The maximum atomic E-state index is 4.45. The van der Waals surface area contributed by atoms with Crippen LogP contribution in [0.5, 0.6) is 0 Å².